The molecule has 0 saturated carbocycles. The lowest BCUT2D eigenvalue weighted by molar-refractivity contribution is 0.102. The first-order valence-corrected chi connectivity index (χ1v) is 14.5. The van der Waals surface area contributed by atoms with E-state index in [1.165, 1.54) is 17.0 Å². The van der Waals surface area contributed by atoms with Gasteiger partial charge in [-0.05, 0) is 72.4 Å². The van der Waals surface area contributed by atoms with E-state index in [0.29, 0.717) is 29.2 Å². The number of hydrogen-bond donors (Lipinski definition) is 2. The molecule has 2 atom stereocenters. The van der Waals surface area contributed by atoms with Crippen molar-refractivity contribution in [1.82, 2.24) is 10.2 Å². The molecule has 11 heteroatoms. The van der Waals surface area contributed by atoms with Gasteiger partial charge in [-0.3, -0.25) is 4.79 Å². The summed E-state index contributed by atoms with van der Waals surface area (Å²) in [5.41, 5.74) is 1.96. The first-order chi connectivity index (χ1) is 18.0. The third-order valence-electron chi connectivity index (χ3n) is 6.44. The van der Waals surface area contributed by atoms with Gasteiger partial charge in [0, 0.05) is 31.4 Å². The Kier molecular flexibility index (Phi) is 8.57. The minimum Gasteiger partial charge on any atom is -0.338 e. The molecule has 1 aliphatic carbocycles. The van der Waals surface area contributed by atoms with E-state index in [0.717, 1.165) is 5.56 Å². The van der Waals surface area contributed by atoms with Crippen molar-refractivity contribution in [3.63, 3.8) is 0 Å². The molecule has 0 heterocycles. The maximum Gasteiger partial charge on any atom is 0.316 e. The van der Waals surface area contributed by atoms with Gasteiger partial charge in [0.2, 0.25) is 0 Å². The second-order valence-electron chi connectivity index (χ2n) is 9.34. The Morgan fingerprint density at radius 2 is 1.66 bits per heavy atom. The molecule has 38 heavy (non-hydrogen) atoms. The standard InChI is InChI=1S/C27H26Cl3N3O4S/c1-33(2)27(35)31-15-16-11-17-9-10-19(32-26(34)25-22(29)7-4-8-23(25)30)14-21(17)24(12-16)38(36,37)20-6-3-5-18(28)13-20/h3-10,13-14,16,24H,11-12,15H2,1-2H3,(H,31,35)(H,32,34). The van der Waals surface area contributed by atoms with Gasteiger partial charge in [0.05, 0.1) is 25.8 Å². The predicted molar refractivity (Wildman–Crippen MR) is 151 cm³/mol. The highest BCUT2D eigenvalue weighted by Gasteiger charge is 2.37. The molecule has 0 saturated heterocycles. The highest BCUT2D eigenvalue weighted by atomic mass is 35.5. The fourth-order valence-corrected chi connectivity index (χ4v) is 7.33. The maximum absolute atomic E-state index is 13.9. The fraction of sp³-hybridized carbons (Fsp3) is 0.259. The first-order valence-electron chi connectivity index (χ1n) is 11.8. The number of amides is 3. The average Bonchev–Trinajstić information content (AvgIpc) is 2.86. The van der Waals surface area contributed by atoms with Gasteiger partial charge >= 0.3 is 6.03 Å². The van der Waals surface area contributed by atoms with Crippen molar-refractivity contribution in [2.24, 2.45) is 5.92 Å². The number of halogens is 3. The largest absolute Gasteiger partial charge is 0.338 e. The minimum atomic E-state index is -3.86. The Bertz CT molecular complexity index is 1470. The third kappa shape index (κ3) is 6.10. The van der Waals surface area contributed by atoms with Crippen LogP contribution in [0.1, 0.15) is 33.2 Å². The van der Waals surface area contributed by atoms with E-state index >= 15 is 0 Å². The van der Waals surface area contributed by atoms with Crippen molar-refractivity contribution < 1.29 is 18.0 Å². The van der Waals surface area contributed by atoms with Crippen LogP contribution in [0.3, 0.4) is 0 Å². The SMILES string of the molecule is CN(C)C(=O)NCC1Cc2ccc(NC(=O)c3c(Cl)cccc3Cl)cc2C(S(=O)(=O)c2cccc(Cl)c2)C1. The summed E-state index contributed by atoms with van der Waals surface area (Å²) in [5.74, 6) is -0.623. The van der Waals surface area contributed by atoms with E-state index in [2.05, 4.69) is 10.6 Å². The van der Waals surface area contributed by atoms with Crippen LogP contribution >= 0.6 is 34.8 Å². The van der Waals surface area contributed by atoms with Crippen LogP contribution in [0.25, 0.3) is 0 Å². The molecule has 3 amide bonds. The minimum absolute atomic E-state index is 0.108. The smallest absolute Gasteiger partial charge is 0.316 e. The molecule has 1 aliphatic rings. The molecule has 3 aromatic carbocycles. The van der Waals surface area contributed by atoms with E-state index < -0.39 is 21.0 Å². The van der Waals surface area contributed by atoms with E-state index in [9.17, 15) is 18.0 Å². The van der Waals surface area contributed by atoms with Crippen molar-refractivity contribution >= 4 is 62.3 Å². The molecule has 0 bridgehead atoms. The quantitative estimate of drug-likeness (QED) is 0.353. The van der Waals surface area contributed by atoms with Gasteiger partial charge in [-0.2, -0.15) is 0 Å². The molecular weight excluding hydrogens is 569 g/mol. The van der Waals surface area contributed by atoms with Crippen LogP contribution in [-0.4, -0.2) is 45.9 Å². The number of anilines is 1. The summed E-state index contributed by atoms with van der Waals surface area (Å²) >= 11 is 18.5. The second-order valence-corrected chi connectivity index (χ2v) is 12.7. The average molecular weight is 595 g/mol. The number of hydrogen-bond acceptors (Lipinski definition) is 4. The lowest BCUT2D eigenvalue weighted by Crippen LogP contribution is -2.39. The van der Waals surface area contributed by atoms with Crippen LogP contribution in [0.4, 0.5) is 10.5 Å². The highest BCUT2D eigenvalue weighted by molar-refractivity contribution is 7.91. The number of benzene rings is 3. The lowest BCUT2D eigenvalue weighted by atomic mass is 9.83. The lowest BCUT2D eigenvalue weighted by Gasteiger charge is -2.32. The summed E-state index contributed by atoms with van der Waals surface area (Å²) < 4.78 is 27.7. The molecule has 0 spiro atoms. The van der Waals surface area contributed by atoms with Gasteiger partial charge < -0.3 is 15.5 Å². The van der Waals surface area contributed by atoms with Crippen LogP contribution in [0.15, 0.2) is 65.6 Å². The van der Waals surface area contributed by atoms with Gasteiger partial charge in [-0.25, -0.2) is 13.2 Å². The molecule has 2 unspecified atom stereocenters. The molecule has 7 nitrogen and oxygen atoms in total. The number of nitrogens with one attached hydrogen (secondary N) is 2. The van der Waals surface area contributed by atoms with Gasteiger partial charge in [0.15, 0.2) is 9.84 Å². The number of carbonyl (C=O) groups is 2. The highest BCUT2D eigenvalue weighted by Crippen LogP contribution is 2.42. The molecule has 200 valence electrons. The van der Waals surface area contributed by atoms with Crippen molar-refractivity contribution in [3.8, 4) is 0 Å². The molecular formula is C27H26Cl3N3O4S. The van der Waals surface area contributed by atoms with E-state index in [4.69, 9.17) is 34.8 Å². The Morgan fingerprint density at radius 1 is 0.974 bits per heavy atom. The molecule has 0 aliphatic heterocycles. The first kappa shape index (κ1) is 28.2. The van der Waals surface area contributed by atoms with Gasteiger partial charge in [-0.15, -0.1) is 0 Å². The summed E-state index contributed by atoms with van der Waals surface area (Å²) in [5, 5.41) is 5.46. The zero-order valence-corrected chi connectivity index (χ0v) is 23.8. The topological polar surface area (TPSA) is 95.6 Å². The summed E-state index contributed by atoms with van der Waals surface area (Å²) in [7, 11) is -0.574. The molecule has 4 rings (SSSR count). The van der Waals surface area contributed by atoms with Crippen molar-refractivity contribution in [2.75, 3.05) is 26.0 Å². The van der Waals surface area contributed by atoms with Crippen LogP contribution in [0, 0.1) is 5.92 Å². The van der Waals surface area contributed by atoms with Crippen LogP contribution in [0.5, 0.6) is 0 Å². The zero-order valence-electron chi connectivity index (χ0n) is 20.7. The van der Waals surface area contributed by atoms with Crippen molar-refractivity contribution in [1.29, 1.82) is 0 Å². The normalized spacial score (nSPS) is 16.9. The summed E-state index contributed by atoms with van der Waals surface area (Å²) in [6, 6.07) is 15.9. The maximum atomic E-state index is 13.9. The Labute approximate surface area is 237 Å². The Hall–Kier alpha value is -2.78. The second kappa shape index (κ2) is 11.5. The van der Waals surface area contributed by atoms with Gasteiger partial charge in [0.25, 0.3) is 5.91 Å². The molecule has 2 N–H and O–H groups in total. The number of urea groups is 1. The number of carbonyl (C=O) groups excluding carboxylic acids is 2. The molecule has 0 fully saturated rings. The summed E-state index contributed by atoms with van der Waals surface area (Å²) in [4.78, 5) is 26.6. The van der Waals surface area contributed by atoms with Crippen molar-refractivity contribution in [3.05, 3.63) is 92.4 Å². The molecule has 0 aromatic heterocycles. The predicted octanol–water partition coefficient (Wildman–Crippen LogP) is 6.25. The van der Waals surface area contributed by atoms with Crippen LogP contribution in [-0.2, 0) is 16.3 Å². The van der Waals surface area contributed by atoms with Crippen LogP contribution in [0.2, 0.25) is 15.1 Å². The van der Waals surface area contributed by atoms with Crippen LogP contribution < -0.4 is 10.6 Å². The third-order valence-corrected chi connectivity index (χ3v) is 9.42. The number of rotatable bonds is 6. The Balaban J connectivity index is 1.70. The number of fused-ring (bicyclic) bond motifs is 1. The number of nitrogens with zero attached hydrogens (tertiary/aromatic N) is 1. The van der Waals surface area contributed by atoms with Gasteiger partial charge in [-0.1, -0.05) is 53.0 Å². The van der Waals surface area contributed by atoms with E-state index in [1.807, 2.05) is 0 Å². The summed E-state index contributed by atoms with van der Waals surface area (Å²) in [6.07, 6.45) is 0.846. The zero-order chi connectivity index (χ0) is 27.6. The van der Waals surface area contributed by atoms with E-state index in [-0.39, 0.29) is 38.9 Å². The molecule has 3 aromatic rings. The fourth-order valence-electron chi connectivity index (χ4n) is 4.54. The Morgan fingerprint density at radius 3 is 2.32 bits per heavy atom. The monoisotopic (exact) mass is 593 g/mol. The number of sulfone groups is 1. The van der Waals surface area contributed by atoms with E-state index in [1.54, 1.807) is 62.6 Å². The van der Waals surface area contributed by atoms with Gasteiger partial charge in [0.1, 0.15) is 0 Å². The summed E-state index contributed by atoms with van der Waals surface area (Å²) in [6.45, 7) is 0.321. The van der Waals surface area contributed by atoms with Crippen molar-refractivity contribution in [2.45, 2.75) is 23.0 Å². The molecule has 0 radical (unpaired) electrons.